The van der Waals surface area contributed by atoms with Crippen molar-refractivity contribution in [2.45, 2.75) is 32.4 Å². The van der Waals surface area contributed by atoms with Crippen LogP contribution in [-0.4, -0.2) is 60.8 Å². The molecule has 1 aliphatic rings. The maximum Gasteiger partial charge on any atom is 0.410 e. The Bertz CT molecular complexity index is 851. The first-order valence-corrected chi connectivity index (χ1v) is 10.2. The molecule has 0 N–H and O–H groups in total. The first kappa shape index (κ1) is 21.8. The Morgan fingerprint density at radius 2 is 1.43 bits per heavy atom. The Hall–Kier alpha value is -2.86. The minimum atomic E-state index is -0.498. The highest BCUT2D eigenvalue weighted by atomic mass is 16.6. The molecule has 2 aromatic carbocycles. The van der Waals surface area contributed by atoms with E-state index in [-0.39, 0.29) is 18.1 Å². The van der Waals surface area contributed by atoms with Gasteiger partial charge in [-0.1, -0.05) is 42.5 Å². The SMILES string of the molecule is COC(=O)c1ccc(C(c2ccccc2)N2CCN(C(=O)OC(C)(C)C)CC2)cc1. The molecule has 0 aromatic heterocycles. The molecule has 0 spiro atoms. The number of hydrogen-bond acceptors (Lipinski definition) is 5. The Morgan fingerprint density at radius 3 is 1.97 bits per heavy atom. The van der Waals surface area contributed by atoms with Gasteiger partial charge in [0.25, 0.3) is 0 Å². The number of amides is 1. The molecule has 1 heterocycles. The van der Waals surface area contributed by atoms with Gasteiger partial charge in [0, 0.05) is 26.2 Å². The molecule has 6 nitrogen and oxygen atoms in total. The quantitative estimate of drug-likeness (QED) is 0.710. The van der Waals surface area contributed by atoms with Crippen molar-refractivity contribution in [3.05, 3.63) is 71.3 Å². The molecule has 1 amide bonds. The number of esters is 1. The molecule has 0 saturated carbocycles. The summed E-state index contributed by atoms with van der Waals surface area (Å²) in [5.41, 5.74) is 2.30. The first-order chi connectivity index (χ1) is 14.3. The van der Waals surface area contributed by atoms with Gasteiger partial charge in [0.15, 0.2) is 0 Å². The molecule has 0 radical (unpaired) electrons. The number of carbonyl (C=O) groups is 2. The Balaban J connectivity index is 1.78. The summed E-state index contributed by atoms with van der Waals surface area (Å²) in [4.78, 5) is 28.3. The van der Waals surface area contributed by atoms with Crippen LogP contribution < -0.4 is 0 Å². The van der Waals surface area contributed by atoms with E-state index in [1.54, 1.807) is 17.0 Å². The number of methoxy groups -OCH3 is 1. The summed E-state index contributed by atoms with van der Waals surface area (Å²) in [6, 6.07) is 17.9. The van der Waals surface area contributed by atoms with Gasteiger partial charge >= 0.3 is 12.1 Å². The summed E-state index contributed by atoms with van der Waals surface area (Å²) in [5.74, 6) is -0.344. The summed E-state index contributed by atoms with van der Waals surface area (Å²) in [5, 5.41) is 0. The third-order valence-electron chi connectivity index (χ3n) is 5.09. The maximum absolute atomic E-state index is 12.4. The van der Waals surface area contributed by atoms with E-state index >= 15 is 0 Å². The minimum Gasteiger partial charge on any atom is -0.465 e. The van der Waals surface area contributed by atoms with Crippen molar-refractivity contribution in [3.63, 3.8) is 0 Å². The van der Waals surface area contributed by atoms with E-state index < -0.39 is 5.60 Å². The second-order valence-electron chi connectivity index (χ2n) is 8.43. The van der Waals surface area contributed by atoms with E-state index in [1.807, 2.05) is 51.1 Å². The average Bonchev–Trinajstić information content (AvgIpc) is 2.74. The molecule has 1 aliphatic heterocycles. The van der Waals surface area contributed by atoms with Crippen LogP contribution in [-0.2, 0) is 9.47 Å². The van der Waals surface area contributed by atoms with Crippen LogP contribution in [0.4, 0.5) is 4.79 Å². The second-order valence-corrected chi connectivity index (χ2v) is 8.43. The smallest absolute Gasteiger partial charge is 0.410 e. The predicted molar refractivity (Wildman–Crippen MR) is 115 cm³/mol. The van der Waals surface area contributed by atoms with Crippen LogP contribution in [0.1, 0.15) is 48.3 Å². The fourth-order valence-electron chi connectivity index (χ4n) is 3.66. The molecule has 1 unspecified atom stereocenters. The fourth-order valence-corrected chi connectivity index (χ4v) is 3.66. The van der Waals surface area contributed by atoms with Gasteiger partial charge in [-0.05, 0) is 44.0 Å². The number of rotatable bonds is 4. The molecule has 6 heteroatoms. The van der Waals surface area contributed by atoms with Gasteiger partial charge in [-0.2, -0.15) is 0 Å². The molecule has 160 valence electrons. The van der Waals surface area contributed by atoms with Gasteiger partial charge in [0.05, 0.1) is 18.7 Å². The zero-order valence-electron chi connectivity index (χ0n) is 18.1. The molecule has 30 heavy (non-hydrogen) atoms. The summed E-state index contributed by atoms with van der Waals surface area (Å²) in [6.07, 6.45) is -0.263. The average molecular weight is 411 g/mol. The maximum atomic E-state index is 12.4. The number of nitrogens with zero attached hydrogens (tertiary/aromatic N) is 2. The van der Waals surface area contributed by atoms with E-state index in [0.717, 1.165) is 18.7 Å². The van der Waals surface area contributed by atoms with Crippen molar-refractivity contribution in [2.75, 3.05) is 33.3 Å². The van der Waals surface area contributed by atoms with Crippen molar-refractivity contribution in [1.82, 2.24) is 9.80 Å². The van der Waals surface area contributed by atoms with Gasteiger partial charge in [-0.3, -0.25) is 4.90 Å². The number of benzene rings is 2. The Morgan fingerprint density at radius 1 is 0.867 bits per heavy atom. The van der Waals surface area contributed by atoms with E-state index in [4.69, 9.17) is 9.47 Å². The molecule has 2 aromatic rings. The standard InChI is InChI=1S/C24H30N2O4/c1-24(2,3)30-23(28)26-16-14-25(15-17-26)21(18-8-6-5-7-9-18)19-10-12-20(13-11-19)22(27)29-4/h5-13,21H,14-17H2,1-4H3. The van der Waals surface area contributed by atoms with Crippen molar-refractivity contribution < 1.29 is 19.1 Å². The van der Waals surface area contributed by atoms with Crippen molar-refractivity contribution in [3.8, 4) is 0 Å². The number of ether oxygens (including phenoxy) is 2. The summed E-state index contributed by atoms with van der Waals surface area (Å²) in [7, 11) is 1.38. The van der Waals surface area contributed by atoms with E-state index in [2.05, 4.69) is 17.0 Å². The molecule has 0 bridgehead atoms. The lowest BCUT2D eigenvalue weighted by molar-refractivity contribution is 0.0119. The lowest BCUT2D eigenvalue weighted by atomic mass is 9.95. The zero-order valence-corrected chi connectivity index (χ0v) is 18.1. The van der Waals surface area contributed by atoms with E-state index in [0.29, 0.717) is 18.7 Å². The van der Waals surface area contributed by atoms with Crippen LogP contribution in [0.2, 0.25) is 0 Å². The van der Waals surface area contributed by atoms with Gasteiger partial charge in [-0.15, -0.1) is 0 Å². The van der Waals surface area contributed by atoms with Crippen LogP contribution in [0.5, 0.6) is 0 Å². The Labute approximate surface area is 178 Å². The number of carbonyl (C=O) groups excluding carboxylic acids is 2. The fraction of sp³-hybridized carbons (Fsp3) is 0.417. The van der Waals surface area contributed by atoms with Gasteiger partial charge < -0.3 is 14.4 Å². The van der Waals surface area contributed by atoms with Crippen LogP contribution in [0.3, 0.4) is 0 Å². The van der Waals surface area contributed by atoms with Crippen LogP contribution >= 0.6 is 0 Å². The van der Waals surface area contributed by atoms with E-state index in [9.17, 15) is 9.59 Å². The van der Waals surface area contributed by atoms with Crippen LogP contribution in [0, 0.1) is 0 Å². The highest BCUT2D eigenvalue weighted by Crippen LogP contribution is 2.30. The normalized spacial score (nSPS) is 16.1. The topological polar surface area (TPSA) is 59.1 Å². The molecular formula is C24H30N2O4. The summed E-state index contributed by atoms with van der Waals surface area (Å²) in [6.45, 7) is 8.33. The van der Waals surface area contributed by atoms with Crippen molar-refractivity contribution in [2.24, 2.45) is 0 Å². The lowest BCUT2D eigenvalue weighted by Gasteiger charge is -2.40. The molecule has 1 atom stereocenters. The third kappa shape index (κ3) is 5.39. The van der Waals surface area contributed by atoms with Crippen molar-refractivity contribution >= 4 is 12.1 Å². The number of piperazine rings is 1. The summed E-state index contributed by atoms with van der Waals surface area (Å²) < 4.78 is 10.3. The third-order valence-corrected chi connectivity index (χ3v) is 5.09. The predicted octanol–water partition coefficient (Wildman–Crippen LogP) is 4.12. The monoisotopic (exact) mass is 410 g/mol. The molecule has 1 fully saturated rings. The zero-order chi connectivity index (χ0) is 21.7. The highest BCUT2D eigenvalue weighted by molar-refractivity contribution is 5.89. The molecular weight excluding hydrogens is 380 g/mol. The van der Waals surface area contributed by atoms with E-state index in [1.165, 1.54) is 12.7 Å². The largest absolute Gasteiger partial charge is 0.465 e. The van der Waals surface area contributed by atoms with Gasteiger partial charge in [-0.25, -0.2) is 9.59 Å². The number of hydrogen-bond donors (Lipinski definition) is 0. The van der Waals surface area contributed by atoms with Crippen molar-refractivity contribution in [1.29, 1.82) is 0 Å². The second kappa shape index (κ2) is 9.30. The van der Waals surface area contributed by atoms with Gasteiger partial charge in [0.1, 0.15) is 5.60 Å². The first-order valence-electron chi connectivity index (χ1n) is 10.2. The van der Waals surface area contributed by atoms with Gasteiger partial charge in [0.2, 0.25) is 0 Å². The Kier molecular flexibility index (Phi) is 6.77. The highest BCUT2D eigenvalue weighted by Gasteiger charge is 2.30. The molecule has 3 rings (SSSR count). The van der Waals surface area contributed by atoms with Crippen LogP contribution in [0.15, 0.2) is 54.6 Å². The molecule has 1 saturated heterocycles. The minimum absolute atomic E-state index is 0.0404. The molecule has 0 aliphatic carbocycles. The summed E-state index contributed by atoms with van der Waals surface area (Å²) >= 11 is 0. The lowest BCUT2D eigenvalue weighted by Crippen LogP contribution is -2.51. The van der Waals surface area contributed by atoms with Crippen LogP contribution in [0.25, 0.3) is 0 Å².